The number of para-hydroxylation sites is 1. The second-order valence-corrected chi connectivity index (χ2v) is 13.3. The quantitative estimate of drug-likeness (QED) is 0.174. The molecule has 0 saturated carbocycles. The highest BCUT2D eigenvalue weighted by Crippen LogP contribution is 2.32. The van der Waals surface area contributed by atoms with Gasteiger partial charge in [-0.1, -0.05) is 56.3 Å². The molecule has 4 rings (SSSR count). The summed E-state index contributed by atoms with van der Waals surface area (Å²) in [4.78, 5) is 14.6. The van der Waals surface area contributed by atoms with Gasteiger partial charge in [-0.2, -0.15) is 26.3 Å². The number of ether oxygens (including phenoxy) is 1. The fourth-order valence-corrected chi connectivity index (χ4v) is 6.49. The fraction of sp³-hybridized carbons (Fsp3) is 0.462. The summed E-state index contributed by atoms with van der Waals surface area (Å²) >= 11 is 0. The third kappa shape index (κ3) is 16.8. The lowest BCUT2D eigenvalue weighted by Crippen LogP contribution is -2.49. The monoisotopic (exact) mass is 757 g/mol. The number of piperidine rings is 1. The molecule has 1 aliphatic rings. The first-order valence-electron chi connectivity index (χ1n) is 17.3. The number of allylic oxidation sites excluding steroid dienone is 2. The SMILES string of the molecule is C/C=C(\C)C(F)(F)F.CC.CCOc1ccccc1.Cc1cccc(NC(=O)CN2CCC(N(C(C)C)S(=O)c3cccc(C(F)(F)F)c3)CC2)c1. The molecule has 6 nitrogen and oxygen atoms in total. The Bertz CT molecular complexity index is 1520. The number of carbonyl (C=O) groups is 1. The van der Waals surface area contributed by atoms with Crippen molar-refractivity contribution in [2.45, 2.75) is 97.6 Å². The summed E-state index contributed by atoms with van der Waals surface area (Å²) in [6, 6.07) is 22.0. The number of rotatable bonds is 9. The van der Waals surface area contributed by atoms with Crippen molar-refractivity contribution >= 4 is 22.6 Å². The molecule has 3 aromatic carbocycles. The van der Waals surface area contributed by atoms with Gasteiger partial charge >= 0.3 is 12.4 Å². The van der Waals surface area contributed by atoms with Crippen LogP contribution in [0.3, 0.4) is 0 Å². The van der Waals surface area contributed by atoms with Crippen molar-refractivity contribution in [1.29, 1.82) is 0 Å². The van der Waals surface area contributed by atoms with Crippen molar-refractivity contribution < 1.29 is 40.1 Å². The molecule has 0 aliphatic carbocycles. The van der Waals surface area contributed by atoms with Crippen molar-refractivity contribution in [1.82, 2.24) is 9.21 Å². The van der Waals surface area contributed by atoms with Crippen LogP contribution in [0.4, 0.5) is 32.0 Å². The number of hydrogen-bond donors (Lipinski definition) is 1. The molecule has 3 aromatic rings. The Kier molecular flexibility index (Phi) is 20.6. The first-order chi connectivity index (χ1) is 24.5. The van der Waals surface area contributed by atoms with Gasteiger partial charge in [0.05, 0.1) is 23.6 Å². The van der Waals surface area contributed by atoms with Gasteiger partial charge in [0.15, 0.2) is 0 Å². The first-order valence-corrected chi connectivity index (χ1v) is 18.4. The minimum absolute atomic E-state index is 0.0449. The summed E-state index contributed by atoms with van der Waals surface area (Å²) < 4.78 is 93.7. The maximum absolute atomic E-state index is 13.2. The van der Waals surface area contributed by atoms with Gasteiger partial charge in [-0.3, -0.25) is 9.69 Å². The first kappa shape index (κ1) is 46.3. The molecule has 1 atom stereocenters. The topological polar surface area (TPSA) is 61.9 Å². The molecule has 1 heterocycles. The lowest BCUT2D eigenvalue weighted by molar-refractivity contribution is -0.137. The third-order valence-corrected chi connectivity index (χ3v) is 9.34. The normalized spacial score (nSPS) is 14.6. The maximum atomic E-state index is 13.2. The number of aryl methyl sites for hydroxylation is 1. The number of nitrogens with zero attached hydrogens (tertiary/aromatic N) is 2. The Morgan fingerprint density at radius 2 is 1.56 bits per heavy atom. The van der Waals surface area contributed by atoms with E-state index in [2.05, 4.69) is 5.32 Å². The van der Waals surface area contributed by atoms with E-state index in [1.165, 1.54) is 19.1 Å². The summed E-state index contributed by atoms with van der Waals surface area (Å²) in [5.41, 5.74) is 0.484. The van der Waals surface area contributed by atoms with E-state index in [0.29, 0.717) is 25.9 Å². The summed E-state index contributed by atoms with van der Waals surface area (Å²) in [5, 5.41) is 2.91. The third-order valence-electron chi connectivity index (χ3n) is 7.58. The highest BCUT2D eigenvalue weighted by Gasteiger charge is 2.34. The predicted molar refractivity (Wildman–Crippen MR) is 199 cm³/mol. The number of likely N-dealkylation sites (tertiary alicyclic amines) is 1. The van der Waals surface area contributed by atoms with Gasteiger partial charge in [-0.25, -0.2) is 8.51 Å². The lowest BCUT2D eigenvalue weighted by Gasteiger charge is -2.39. The molecular weight excluding hydrogens is 705 g/mol. The molecule has 1 fully saturated rings. The van der Waals surface area contributed by atoms with Crippen LogP contribution in [0.5, 0.6) is 5.75 Å². The summed E-state index contributed by atoms with van der Waals surface area (Å²) in [5.74, 6) is 0.854. The van der Waals surface area contributed by atoms with Gasteiger partial charge in [0.2, 0.25) is 5.91 Å². The molecule has 1 saturated heterocycles. The second kappa shape index (κ2) is 23.1. The molecule has 0 bridgehead atoms. The average Bonchev–Trinajstić information content (AvgIpc) is 3.10. The van der Waals surface area contributed by atoms with E-state index >= 15 is 0 Å². The van der Waals surface area contributed by atoms with Crippen LogP contribution in [0.25, 0.3) is 0 Å². The fourth-order valence-electron chi connectivity index (χ4n) is 4.96. The molecule has 0 spiro atoms. The summed E-state index contributed by atoms with van der Waals surface area (Å²) in [6.07, 6.45) is -6.21. The van der Waals surface area contributed by atoms with Crippen molar-refractivity contribution in [3.8, 4) is 5.75 Å². The Balaban J connectivity index is 0.000000580. The second-order valence-electron chi connectivity index (χ2n) is 11.9. The van der Waals surface area contributed by atoms with Crippen LogP contribution in [-0.4, -0.2) is 63.8 Å². The molecule has 13 heteroatoms. The zero-order valence-electron chi connectivity index (χ0n) is 31.3. The van der Waals surface area contributed by atoms with Crippen molar-refractivity contribution in [2.24, 2.45) is 0 Å². The largest absolute Gasteiger partial charge is 0.494 e. The highest BCUT2D eigenvalue weighted by atomic mass is 32.2. The van der Waals surface area contributed by atoms with E-state index < -0.39 is 34.5 Å². The number of alkyl halides is 6. The minimum atomic E-state index is -4.48. The number of halogens is 6. The van der Waals surface area contributed by atoms with E-state index in [-0.39, 0.29) is 29.4 Å². The van der Waals surface area contributed by atoms with Crippen LogP contribution in [0, 0.1) is 6.92 Å². The number of nitrogens with one attached hydrogen (secondary N) is 1. The molecular formula is C39H53F6N3O3S. The lowest BCUT2D eigenvalue weighted by atomic mass is 10.0. The predicted octanol–water partition coefficient (Wildman–Crippen LogP) is 10.5. The molecule has 0 radical (unpaired) electrons. The van der Waals surface area contributed by atoms with E-state index in [1.54, 1.807) is 4.31 Å². The molecule has 52 heavy (non-hydrogen) atoms. The van der Waals surface area contributed by atoms with Crippen LogP contribution in [-0.2, 0) is 22.0 Å². The van der Waals surface area contributed by atoms with E-state index in [9.17, 15) is 35.3 Å². The van der Waals surface area contributed by atoms with Gasteiger partial charge < -0.3 is 10.1 Å². The van der Waals surface area contributed by atoms with E-state index in [4.69, 9.17) is 4.74 Å². The van der Waals surface area contributed by atoms with E-state index in [1.807, 2.05) is 101 Å². The number of hydrogen-bond acceptors (Lipinski definition) is 4. The van der Waals surface area contributed by atoms with E-state index in [0.717, 1.165) is 48.7 Å². The smallest absolute Gasteiger partial charge is 0.416 e. The number of benzene rings is 3. The van der Waals surface area contributed by atoms with Crippen LogP contribution >= 0.6 is 0 Å². The molecule has 1 unspecified atom stereocenters. The van der Waals surface area contributed by atoms with Crippen LogP contribution in [0.15, 0.2) is 95.4 Å². The molecule has 0 aromatic heterocycles. The summed E-state index contributed by atoms with van der Waals surface area (Å²) in [7, 11) is -1.71. The molecule has 1 N–H and O–H groups in total. The number of carbonyl (C=O) groups excluding carboxylic acids is 1. The number of anilines is 1. The summed E-state index contributed by atoms with van der Waals surface area (Å²) in [6.45, 7) is 16.4. The Morgan fingerprint density at radius 1 is 0.962 bits per heavy atom. The van der Waals surface area contributed by atoms with Crippen molar-refractivity contribution in [3.63, 3.8) is 0 Å². The highest BCUT2D eigenvalue weighted by molar-refractivity contribution is 7.82. The Labute approximate surface area is 307 Å². The van der Waals surface area contributed by atoms with Gasteiger partial charge in [0.25, 0.3) is 0 Å². The van der Waals surface area contributed by atoms with Gasteiger partial charge in [0, 0.05) is 36.4 Å². The van der Waals surface area contributed by atoms with Crippen LogP contribution in [0.2, 0.25) is 0 Å². The molecule has 1 amide bonds. The average molecular weight is 758 g/mol. The van der Waals surface area contributed by atoms with Crippen molar-refractivity contribution in [2.75, 3.05) is 31.6 Å². The van der Waals surface area contributed by atoms with Gasteiger partial charge in [-0.15, -0.1) is 0 Å². The van der Waals surface area contributed by atoms with Gasteiger partial charge in [0.1, 0.15) is 16.7 Å². The Morgan fingerprint density at radius 3 is 2.04 bits per heavy atom. The van der Waals surface area contributed by atoms with Crippen molar-refractivity contribution in [3.05, 3.63) is 102 Å². The standard InChI is InChI=1S/C24H30F3N3O2S.C8H10O.C5H7F3.C2H6/c1-17(2)30(33(32)22-9-5-7-19(15-22)24(25,26)27)21-10-12-29(13-11-21)16-23(31)28-20-8-4-6-18(3)14-20;1-2-9-8-6-4-3-5-7-8;1-3-4(2)5(6,7)8;1-2/h4-9,14-15,17,21H,10-13,16H2,1-3H3,(H,28,31);3-7H,2H2,1H3;3H,1-2H3;1-2H3/b;;4-3+;. The minimum Gasteiger partial charge on any atom is -0.494 e. The van der Waals surface area contributed by atoms with Gasteiger partial charge in [-0.05, 0) is 102 Å². The zero-order chi connectivity index (χ0) is 39.5. The molecule has 290 valence electrons. The van der Waals surface area contributed by atoms with Crippen LogP contribution in [0.1, 0.15) is 72.4 Å². The Hall–Kier alpha value is -3.68. The maximum Gasteiger partial charge on any atom is 0.416 e. The zero-order valence-corrected chi connectivity index (χ0v) is 32.1. The van der Waals surface area contributed by atoms with Crippen LogP contribution < -0.4 is 10.1 Å². The molecule has 1 aliphatic heterocycles. The number of amides is 1.